The number of carbonyl (C=O) groups is 1. The molecule has 0 aliphatic carbocycles. The van der Waals surface area contributed by atoms with Crippen molar-refractivity contribution < 1.29 is 37.9 Å². The molecule has 5 N–H and O–H groups in total. The highest BCUT2D eigenvalue weighted by Gasteiger charge is 2.34. The van der Waals surface area contributed by atoms with Crippen LogP contribution in [0.5, 0.6) is 0 Å². The van der Waals surface area contributed by atoms with E-state index in [1.807, 2.05) is 6.20 Å². The van der Waals surface area contributed by atoms with Crippen LogP contribution in [0.25, 0.3) is 0 Å². The number of nitrogens with one attached hydrogen (secondary N) is 3. The number of nitrogens with zero attached hydrogens (tertiary/aromatic N) is 8. The minimum atomic E-state index is -1.18. The number of nitrogens with two attached hydrogens (primary N) is 1. The fraction of sp³-hybridized carbons (Fsp3) is 0.731. The van der Waals surface area contributed by atoms with Crippen molar-refractivity contribution in [3.8, 4) is 0 Å². The summed E-state index contributed by atoms with van der Waals surface area (Å²) in [5, 5.41) is 26.6. The number of ether oxygens (including phenoxy) is 6. The molecule has 0 unspecified atom stereocenters. The maximum atomic E-state index is 12.5. The SMILES string of the molecule is NNC(=O)NC(COCc1cn(CCOCCS)nn1)(COCc1cn(CCOCCS)nn1)COCc1c[n+](CCOCCS)[nH]n1. The van der Waals surface area contributed by atoms with E-state index in [0.29, 0.717) is 93.6 Å². The highest BCUT2D eigenvalue weighted by atomic mass is 32.1. The van der Waals surface area contributed by atoms with Crippen LogP contribution in [0.3, 0.4) is 0 Å². The first kappa shape index (κ1) is 39.9. The molecular formula is C26H47N12O7S3+. The van der Waals surface area contributed by atoms with Gasteiger partial charge in [0.25, 0.3) is 0 Å². The number of thiol groups is 3. The number of aromatic amines is 1. The molecule has 270 valence electrons. The number of hydrogen-bond donors (Lipinski definition) is 7. The molecule has 19 nitrogen and oxygen atoms in total. The predicted octanol–water partition coefficient (Wildman–Crippen LogP) is -1.42. The van der Waals surface area contributed by atoms with Gasteiger partial charge in [-0.2, -0.15) is 42.6 Å². The van der Waals surface area contributed by atoms with Crippen molar-refractivity contribution in [2.24, 2.45) is 5.84 Å². The molecule has 3 aromatic rings. The largest absolute Gasteiger partial charge is 0.379 e. The van der Waals surface area contributed by atoms with Crippen molar-refractivity contribution in [3.63, 3.8) is 0 Å². The zero-order valence-electron chi connectivity index (χ0n) is 26.8. The number of carbonyl (C=O) groups excluding carboxylic acids is 1. The van der Waals surface area contributed by atoms with Gasteiger partial charge in [0.1, 0.15) is 30.1 Å². The van der Waals surface area contributed by atoms with E-state index < -0.39 is 11.6 Å². The predicted molar refractivity (Wildman–Crippen MR) is 180 cm³/mol. The maximum absolute atomic E-state index is 12.5. The lowest BCUT2D eigenvalue weighted by molar-refractivity contribution is -0.754. The Labute approximate surface area is 295 Å². The molecule has 3 aromatic heterocycles. The lowest BCUT2D eigenvalue weighted by Crippen LogP contribution is -2.61. The fourth-order valence-electron chi connectivity index (χ4n) is 4.12. The molecule has 2 amide bonds. The van der Waals surface area contributed by atoms with Crippen LogP contribution < -0.4 is 21.3 Å². The lowest BCUT2D eigenvalue weighted by Gasteiger charge is -2.33. The van der Waals surface area contributed by atoms with Gasteiger partial charge < -0.3 is 33.7 Å². The molecule has 48 heavy (non-hydrogen) atoms. The van der Waals surface area contributed by atoms with Gasteiger partial charge in [0.2, 0.25) is 5.69 Å². The van der Waals surface area contributed by atoms with Gasteiger partial charge in [-0.05, 0) is 0 Å². The summed E-state index contributed by atoms with van der Waals surface area (Å²) in [5.41, 5.74) is 2.76. The van der Waals surface area contributed by atoms with Gasteiger partial charge in [-0.1, -0.05) is 15.6 Å². The molecule has 3 rings (SSSR count). The van der Waals surface area contributed by atoms with Crippen LogP contribution in [0.15, 0.2) is 18.6 Å². The second kappa shape index (κ2) is 23.8. The molecule has 0 aliphatic rings. The normalized spacial score (nSPS) is 11.8. The zero-order valence-corrected chi connectivity index (χ0v) is 29.5. The van der Waals surface area contributed by atoms with Gasteiger partial charge in [0, 0.05) is 22.4 Å². The molecule has 0 spiro atoms. The van der Waals surface area contributed by atoms with Crippen LogP contribution in [0.4, 0.5) is 4.79 Å². The van der Waals surface area contributed by atoms with Crippen molar-refractivity contribution in [2.75, 3.05) is 76.7 Å². The highest BCUT2D eigenvalue weighted by Crippen LogP contribution is 2.13. The Morgan fingerprint density at radius 1 is 0.771 bits per heavy atom. The fourth-order valence-corrected chi connectivity index (χ4v) is 4.51. The Balaban J connectivity index is 1.62. The van der Waals surface area contributed by atoms with Crippen molar-refractivity contribution in [1.29, 1.82) is 0 Å². The topological polar surface area (TPSA) is 217 Å². The van der Waals surface area contributed by atoms with Crippen molar-refractivity contribution in [2.45, 2.75) is 45.0 Å². The Morgan fingerprint density at radius 2 is 1.27 bits per heavy atom. The Hall–Kier alpha value is -2.54. The number of hydrogen-bond acceptors (Lipinski definition) is 16. The van der Waals surface area contributed by atoms with E-state index in [1.54, 1.807) is 26.4 Å². The molecule has 0 bridgehead atoms. The minimum Gasteiger partial charge on any atom is -0.379 e. The Morgan fingerprint density at radius 3 is 1.77 bits per heavy atom. The number of urea groups is 1. The lowest BCUT2D eigenvalue weighted by atomic mass is 10.0. The van der Waals surface area contributed by atoms with Crippen LogP contribution in [-0.2, 0) is 67.9 Å². The standard InChI is InChI=1S/C26H46N12O7S3/c27-29-25(39)28-26(19-43-16-22-13-36(33-30-22)1-4-40-7-10-46,20-44-17-23-14-37(34-31-23)2-5-41-8-11-47)21-45-18-24-15-38(35-32-24)3-6-42-9-12-48/h13-15H,1-12,16-21H2,(H7,27,28,29,30,31,32,33,34,35,39,46,47,48)/p+1. The van der Waals surface area contributed by atoms with E-state index in [9.17, 15) is 4.79 Å². The smallest absolute Gasteiger partial charge is 0.329 e. The average molecular weight is 736 g/mol. The Kier molecular flexibility index (Phi) is 19.7. The summed E-state index contributed by atoms with van der Waals surface area (Å²) in [6.07, 6.45) is 5.35. The zero-order chi connectivity index (χ0) is 34.3. The van der Waals surface area contributed by atoms with E-state index in [0.717, 1.165) is 0 Å². The molecule has 0 aliphatic heterocycles. The maximum Gasteiger partial charge on any atom is 0.329 e. The molecule has 0 atom stereocenters. The number of hydrazine groups is 1. The quantitative estimate of drug-likeness (QED) is 0.0114. The van der Waals surface area contributed by atoms with E-state index in [2.05, 4.69) is 79.6 Å². The highest BCUT2D eigenvalue weighted by molar-refractivity contribution is 7.80. The number of aromatic nitrogens is 9. The van der Waals surface area contributed by atoms with Gasteiger partial charge in [-0.3, -0.25) is 5.43 Å². The molecule has 0 radical (unpaired) electrons. The third-order valence-corrected chi connectivity index (χ3v) is 6.85. The van der Waals surface area contributed by atoms with E-state index >= 15 is 0 Å². The van der Waals surface area contributed by atoms with E-state index in [1.165, 1.54) is 0 Å². The van der Waals surface area contributed by atoms with Crippen LogP contribution in [-0.4, -0.2) is 129 Å². The van der Waals surface area contributed by atoms with Crippen molar-refractivity contribution in [3.05, 3.63) is 35.7 Å². The van der Waals surface area contributed by atoms with Gasteiger partial charge in [0.15, 0.2) is 6.20 Å². The molecule has 0 aromatic carbocycles. The molecule has 3 heterocycles. The average Bonchev–Trinajstić information content (AvgIpc) is 3.85. The van der Waals surface area contributed by atoms with Gasteiger partial charge in [-0.15, -0.1) is 10.2 Å². The molecular weight excluding hydrogens is 689 g/mol. The minimum absolute atomic E-state index is 0.0112. The molecule has 0 saturated heterocycles. The second-order valence-electron chi connectivity index (χ2n) is 10.3. The molecule has 22 heteroatoms. The van der Waals surface area contributed by atoms with Crippen LogP contribution >= 0.6 is 37.9 Å². The molecule has 0 fully saturated rings. The first-order valence-electron chi connectivity index (χ1n) is 15.3. The number of amides is 2. The van der Waals surface area contributed by atoms with Gasteiger partial charge >= 0.3 is 6.03 Å². The first-order chi connectivity index (χ1) is 23.5. The summed E-state index contributed by atoms with van der Waals surface area (Å²) >= 11 is 12.4. The Bertz CT molecular complexity index is 1150. The summed E-state index contributed by atoms with van der Waals surface area (Å²) in [4.78, 5) is 12.5. The monoisotopic (exact) mass is 735 g/mol. The number of H-pyrrole nitrogens is 1. The van der Waals surface area contributed by atoms with Gasteiger partial charge in [-0.25, -0.2) is 20.0 Å². The summed E-state index contributed by atoms with van der Waals surface area (Å²) in [5.74, 6) is 7.37. The summed E-state index contributed by atoms with van der Waals surface area (Å²) < 4.78 is 39.6. The second-order valence-corrected chi connectivity index (χ2v) is 11.7. The van der Waals surface area contributed by atoms with Crippen molar-refractivity contribution >= 4 is 43.9 Å². The third-order valence-electron chi connectivity index (χ3n) is 6.31. The molecule has 0 saturated carbocycles. The number of rotatable bonds is 28. The summed E-state index contributed by atoms with van der Waals surface area (Å²) in [6.45, 7) is 5.14. The van der Waals surface area contributed by atoms with Crippen LogP contribution in [0.1, 0.15) is 17.1 Å². The first-order valence-corrected chi connectivity index (χ1v) is 17.2. The summed E-state index contributed by atoms with van der Waals surface area (Å²) in [7, 11) is 0. The van der Waals surface area contributed by atoms with Gasteiger partial charge in [0.05, 0.1) is 98.2 Å². The van der Waals surface area contributed by atoms with Crippen molar-refractivity contribution in [1.82, 2.24) is 51.0 Å². The third kappa shape index (κ3) is 15.8. The van der Waals surface area contributed by atoms with E-state index in [4.69, 9.17) is 34.3 Å². The van der Waals surface area contributed by atoms with Crippen LogP contribution in [0.2, 0.25) is 0 Å². The van der Waals surface area contributed by atoms with Crippen LogP contribution in [0, 0.1) is 0 Å². The summed E-state index contributed by atoms with van der Waals surface area (Å²) in [6, 6.07) is -0.649. The van der Waals surface area contributed by atoms with E-state index in [-0.39, 0.29) is 39.6 Å².